The maximum Gasteiger partial charge on any atom is 0.226 e. The van der Waals surface area contributed by atoms with Crippen molar-refractivity contribution in [2.45, 2.75) is 31.3 Å². The fourth-order valence-corrected chi connectivity index (χ4v) is 4.81. The summed E-state index contributed by atoms with van der Waals surface area (Å²) < 4.78 is 11.8. The predicted molar refractivity (Wildman–Crippen MR) is 127 cm³/mol. The van der Waals surface area contributed by atoms with Gasteiger partial charge in [0.1, 0.15) is 11.5 Å². The molecule has 1 aromatic carbocycles. The highest BCUT2D eigenvalue weighted by atomic mass is 16.5. The quantitative estimate of drug-likeness (QED) is 0.622. The lowest BCUT2D eigenvalue weighted by atomic mass is 9.85. The van der Waals surface area contributed by atoms with Gasteiger partial charge in [-0.15, -0.1) is 0 Å². The van der Waals surface area contributed by atoms with Gasteiger partial charge in [-0.2, -0.15) is 0 Å². The second kappa shape index (κ2) is 9.33. The maximum absolute atomic E-state index is 11.1. The van der Waals surface area contributed by atoms with E-state index in [-0.39, 0.29) is 0 Å². The van der Waals surface area contributed by atoms with E-state index in [0.29, 0.717) is 5.88 Å². The number of allylic oxidation sites excluding steroid dienone is 1. The molecule has 2 aliphatic rings. The highest BCUT2D eigenvalue weighted by Gasteiger charge is 2.33. The first-order chi connectivity index (χ1) is 16.2. The fraction of sp³-hybridized carbons (Fsp3) is 0.333. The van der Waals surface area contributed by atoms with Gasteiger partial charge in [-0.1, -0.05) is 12.1 Å². The fourth-order valence-electron chi connectivity index (χ4n) is 4.81. The molecule has 2 aromatic heterocycles. The molecule has 0 radical (unpaired) electrons. The Morgan fingerprint density at radius 1 is 1.09 bits per heavy atom. The third-order valence-corrected chi connectivity index (χ3v) is 6.74. The second-order valence-electron chi connectivity index (χ2n) is 8.70. The van der Waals surface area contributed by atoms with Crippen molar-refractivity contribution in [2.75, 3.05) is 26.7 Å². The minimum absolute atomic E-state index is 0.635. The summed E-state index contributed by atoms with van der Waals surface area (Å²) in [6.07, 6.45) is 10.7. The van der Waals surface area contributed by atoms with Crippen molar-refractivity contribution in [3.8, 4) is 17.4 Å². The molecule has 1 N–H and O–H groups in total. The van der Waals surface area contributed by atoms with Crippen LogP contribution in [-0.2, 0) is 12.0 Å². The van der Waals surface area contributed by atoms with E-state index in [2.05, 4.69) is 27.0 Å². The van der Waals surface area contributed by atoms with Crippen LogP contribution in [0.4, 0.5) is 0 Å². The van der Waals surface area contributed by atoms with E-state index >= 15 is 0 Å². The van der Waals surface area contributed by atoms with Gasteiger partial charge in [-0.3, -0.25) is 4.98 Å². The number of fused-ring (bicyclic) bond motifs is 2. The van der Waals surface area contributed by atoms with Crippen LogP contribution in [0.15, 0.2) is 67.1 Å². The van der Waals surface area contributed by atoms with E-state index in [1.165, 1.54) is 5.57 Å². The number of aliphatic hydroxyl groups is 1. The van der Waals surface area contributed by atoms with Crippen LogP contribution >= 0.6 is 0 Å². The standard InChI is InChI=1S/C27H29N3O3/c1-32-24-7-2-8-25-23(24)19-20(22-6-3-13-29-26(22)33-25)5-4-16-30-17-11-27(31,12-18-30)21-9-14-28-15-10-21/h2-3,5-10,13-15,31H,4,11-12,16-19H2,1H3. The second-order valence-corrected chi connectivity index (χ2v) is 8.70. The van der Waals surface area contributed by atoms with Crippen molar-refractivity contribution >= 4 is 5.57 Å². The molecule has 1 fully saturated rings. The first-order valence-corrected chi connectivity index (χ1v) is 11.5. The van der Waals surface area contributed by atoms with Gasteiger partial charge in [0, 0.05) is 55.8 Å². The number of methoxy groups -OCH3 is 1. The molecule has 0 saturated carbocycles. The third kappa shape index (κ3) is 4.49. The van der Waals surface area contributed by atoms with Crippen LogP contribution in [0.2, 0.25) is 0 Å². The van der Waals surface area contributed by atoms with Gasteiger partial charge in [0.2, 0.25) is 5.88 Å². The number of hydrogen-bond donors (Lipinski definition) is 1. The molecule has 0 amide bonds. The summed E-state index contributed by atoms with van der Waals surface area (Å²) in [6.45, 7) is 2.70. The average molecular weight is 444 g/mol. The van der Waals surface area contributed by atoms with Crippen LogP contribution in [0.5, 0.6) is 17.4 Å². The molecule has 0 spiro atoms. The maximum atomic E-state index is 11.1. The summed E-state index contributed by atoms with van der Waals surface area (Å²) in [4.78, 5) is 11.0. The molecule has 0 aliphatic carbocycles. The molecule has 0 atom stereocenters. The van der Waals surface area contributed by atoms with Crippen LogP contribution in [0, 0.1) is 0 Å². The van der Waals surface area contributed by atoms with Crippen molar-refractivity contribution in [3.63, 3.8) is 0 Å². The lowest BCUT2D eigenvalue weighted by molar-refractivity contribution is -0.0255. The Morgan fingerprint density at radius 3 is 2.70 bits per heavy atom. The number of pyridine rings is 2. The van der Waals surface area contributed by atoms with Gasteiger partial charge in [0.25, 0.3) is 0 Å². The van der Waals surface area contributed by atoms with Crippen LogP contribution in [0.1, 0.15) is 36.0 Å². The average Bonchev–Trinajstić information content (AvgIpc) is 3.02. The summed E-state index contributed by atoms with van der Waals surface area (Å²) in [5, 5.41) is 11.1. The number of rotatable bonds is 5. The van der Waals surface area contributed by atoms with E-state index in [0.717, 1.165) is 73.5 Å². The molecule has 1 saturated heterocycles. The van der Waals surface area contributed by atoms with Crippen molar-refractivity contribution in [1.29, 1.82) is 0 Å². The first kappa shape index (κ1) is 21.6. The van der Waals surface area contributed by atoms with Gasteiger partial charge in [0.05, 0.1) is 12.7 Å². The number of piperidine rings is 1. The zero-order chi connectivity index (χ0) is 22.7. The Bertz CT molecular complexity index is 1140. The lowest BCUT2D eigenvalue weighted by Gasteiger charge is -2.38. The number of benzene rings is 1. The number of aromatic nitrogens is 2. The summed E-state index contributed by atoms with van der Waals surface area (Å²) in [5.74, 6) is 2.26. The van der Waals surface area contributed by atoms with E-state index in [9.17, 15) is 5.11 Å². The molecule has 3 aromatic rings. The molecule has 6 heteroatoms. The molecule has 5 rings (SSSR count). The van der Waals surface area contributed by atoms with E-state index in [1.54, 1.807) is 25.7 Å². The Labute approximate surface area is 194 Å². The molecule has 0 bridgehead atoms. The van der Waals surface area contributed by atoms with Gasteiger partial charge in [-0.25, -0.2) is 4.98 Å². The first-order valence-electron chi connectivity index (χ1n) is 11.5. The Hall–Kier alpha value is -3.22. The zero-order valence-corrected chi connectivity index (χ0v) is 18.9. The van der Waals surface area contributed by atoms with Crippen LogP contribution in [0.3, 0.4) is 0 Å². The summed E-state index contributed by atoms with van der Waals surface area (Å²) in [7, 11) is 1.69. The topological polar surface area (TPSA) is 67.7 Å². The number of hydrogen-bond acceptors (Lipinski definition) is 6. The molecule has 0 unspecified atom stereocenters. The SMILES string of the molecule is COc1cccc2c1CC(=CCCN1CCC(O)(c3ccncc3)CC1)c1cccnc1O2. The van der Waals surface area contributed by atoms with Crippen molar-refractivity contribution < 1.29 is 14.6 Å². The van der Waals surface area contributed by atoms with E-state index < -0.39 is 5.60 Å². The molecule has 4 heterocycles. The number of ether oxygens (including phenoxy) is 2. The van der Waals surface area contributed by atoms with Gasteiger partial charge in [-0.05, 0) is 66.8 Å². The van der Waals surface area contributed by atoms with Crippen LogP contribution < -0.4 is 9.47 Å². The highest BCUT2D eigenvalue weighted by Crippen LogP contribution is 2.41. The minimum Gasteiger partial charge on any atom is -0.496 e. The molecule has 33 heavy (non-hydrogen) atoms. The zero-order valence-electron chi connectivity index (χ0n) is 18.9. The highest BCUT2D eigenvalue weighted by molar-refractivity contribution is 5.74. The molecular formula is C27H29N3O3. The summed E-state index contributed by atoms with van der Waals surface area (Å²) in [6, 6.07) is 13.8. The van der Waals surface area contributed by atoms with Gasteiger partial charge >= 0.3 is 0 Å². The molecular weight excluding hydrogens is 414 g/mol. The van der Waals surface area contributed by atoms with Crippen molar-refractivity contribution in [3.05, 3.63) is 83.8 Å². The monoisotopic (exact) mass is 443 g/mol. The van der Waals surface area contributed by atoms with Crippen LogP contribution in [0.25, 0.3) is 5.57 Å². The normalized spacial score (nSPS) is 18.7. The largest absolute Gasteiger partial charge is 0.496 e. The lowest BCUT2D eigenvalue weighted by Crippen LogP contribution is -2.42. The molecule has 2 aliphatic heterocycles. The number of nitrogens with zero attached hydrogens (tertiary/aromatic N) is 3. The third-order valence-electron chi connectivity index (χ3n) is 6.74. The van der Waals surface area contributed by atoms with Crippen LogP contribution in [-0.4, -0.2) is 46.7 Å². The number of likely N-dealkylation sites (tertiary alicyclic amines) is 1. The van der Waals surface area contributed by atoms with E-state index in [4.69, 9.17) is 9.47 Å². The van der Waals surface area contributed by atoms with Gasteiger partial charge < -0.3 is 19.5 Å². The molecule has 6 nitrogen and oxygen atoms in total. The minimum atomic E-state index is -0.749. The Kier molecular flexibility index (Phi) is 6.11. The smallest absolute Gasteiger partial charge is 0.226 e. The van der Waals surface area contributed by atoms with Crippen molar-refractivity contribution in [1.82, 2.24) is 14.9 Å². The molecule has 170 valence electrons. The van der Waals surface area contributed by atoms with Gasteiger partial charge in [0.15, 0.2) is 0 Å². The predicted octanol–water partition coefficient (Wildman–Crippen LogP) is 4.59. The Balaban J connectivity index is 1.29. The Morgan fingerprint density at radius 2 is 1.91 bits per heavy atom. The summed E-state index contributed by atoms with van der Waals surface area (Å²) >= 11 is 0. The summed E-state index contributed by atoms with van der Waals surface area (Å²) in [5.41, 5.74) is 3.49. The van der Waals surface area contributed by atoms with Crippen molar-refractivity contribution in [2.24, 2.45) is 0 Å². The van der Waals surface area contributed by atoms with E-state index in [1.807, 2.05) is 36.4 Å².